The lowest BCUT2D eigenvalue weighted by Gasteiger charge is -2.14. The zero-order chi connectivity index (χ0) is 16.2. The van der Waals surface area contributed by atoms with Gasteiger partial charge in [0.25, 0.3) is 0 Å². The fourth-order valence-corrected chi connectivity index (χ4v) is 3.49. The van der Waals surface area contributed by atoms with Gasteiger partial charge in [0.15, 0.2) is 0 Å². The van der Waals surface area contributed by atoms with Crippen LogP contribution in [0.4, 0.5) is 11.4 Å². The van der Waals surface area contributed by atoms with Gasteiger partial charge >= 0.3 is 0 Å². The summed E-state index contributed by atoms with van der Waals surface area (Å²) in [5.74, 6) is 0. The second-order valence-electron chi connectivity index (χ2n) is 4.34. The molecule has 2 aromatic rings. The van der Waals surface area contributed by atoms with Gasteiger partial charge in [-0.05, 0) is 24.3 Å². The first-order valence-corrected chi connectivity index (χ1v) is 8.60. The van der Waals surface area contributed by atoms with Gasteiger partial charge < -0.3 is 10.4 Å². The molecule has 0 bridgehead atoms. The maximum atomic E-state index is 12.2. The number of benzene rings is 2. The Balaban J connectivity index is 2.41. The number of nitrogens with one attached hydrogen (secondary N) is 2. The number of sulfonamides is 1. The maximum Gasteiger partial charge on any atom is 0.242 e. The van der Waals surface area contributed by atoms with E-state index in [1.54, 1.807) is 36.4 Å². The highest BCUT2D eigenvalue weighted by molar-refractivity contribution is 7.89. The van der Waals surface area contributed by atoms with Gasteiger partial charge in [0.05, 0.1) is 28.0 Å². The van der Waals surface area contributed by atoms with Crippen LogP contribution in [0.1, 0.15) is 0 Å². The molecule has 0 saturated heterocycles. The van der Waals surface area contributed by atoms with E-state index in [0.29, 0.717) is 21.4 Å². The fourth-order valence-electron chi connectivity index (χ4n) is 1.81. The Labute approximate surface area is 138 Å². The Hall–Kier alpha value is -1.31. The van der Waals surface area contributed by atoms with Gasteiger partial charge in [-0.2, -0.15) is 0 Å². The van der Waals surface area contributed by atoms with Crippen molar-refractivity contribution in [3.05, 3.63) is 52.5 Å². The van der Waals surface area contributed by atoms with E-state index in [2.05, 4.69) is 10.0 Å². The molecule has 3 N–H and O–H groups in total. The largest absolute Gasteiger partial charge is 0.395 e. The Morgan fingerprint density at radius 3 is 2.27 bits per heavy atom. The molecule has 0 amide bonds. The summed E-state index contributed by atoms with van der Waals surface area (Å²) < 4.78 is 26.8. The second kappa shape index (κ2) is 7.30. The SMILES string of the molecule is O=S(=O)(NCCO)c1ccccc1Nc1c(Cl)cccc1Cl. The fraction of sp³-hybridized carbons (Fsp3) is 0.143. The number of halogens is 2. The average Bonchev–Trinajstić information content (AvgIpc) is 2.49. The normalized spacial score (nSPS) is 11.4. The molecule has 0 heterocycles. The summed E-state index contributed by atoms with van der Waals surface area (Å²) in [4.78, 5) is 0.0411. The van der Waals surface area contributed by atoms with Crippen molar-refractivity contribution in [2.75, 3.05) is 18.5 Å². The molecule has 0 spiro atoms. The third kappa shape index (κ3) is 3.91. The number of aliphatic hydroxyl groups excluding tert-OH is 1. The number of rotatable bonds is 6. The smallest absolute Gasteiger partial charge is 0.242 e. The molecule has 5 nitrogen and oxygen atoms in total. The van der Waals surface area contributed by atoms with Crippen LogP contribution in [-0.4, -0.2) is 26.7 Å². The van der Waals surface area contributed by atoms with Crippen LogP contribution in [-0.2, 0) is 10.0 Å². The molecule has 8 heteroatoms. The van der Waals surface area contributed by atoms with Crippen LogP contribution in [0.2, 0.25) is 10.0 Å². The number of hydrogen-bond acceptors (Lipinski definition) is 4. The molecule has 0 fully saturated rings. The Kier molecular flexibility index (Phi) is 5.66. The number of para-hydroxylation sites is 2. The van der Waals surface area contributed by atoms with Crippen molar-refractivity contribution in [1.82, 2.24) is 4.72 Å². The van der Waals surface area contributed by atoms with E-state index in [-0.39, 0.29) is 18.0 Å². The van der Waals surface area contributed by atoms with Crippen molar-refractivity contribution in [2.45, 2.75) is 4.90 Å². The quantitative estimate of drug-likeness (QED) is 0.739. The summed E-state index contributed by atoms with van der Waals surface area (Å²) in [5.41, 5.74) is 0.763. The van der Waals surface area contributed by atoms with Crippen LogP contribution in [0.3, 0.4) is 0 Å². The lowest BCUT2D eigenvalue weighted by Crippen LogP contribution is -2.27. The highest BCUT2D eigenvalue weighted by atomic mass is 35.5. The second-order valence-corrected chi connectivity index (χ2v) is 6.89. The van der Waals surface area contributed by atoms with E-state index in [0.717, 1.165) is 0 Å². The standard InChI is InChI=1S/C14H14Cl2N2O3S/c15-10-4-3-5-11(16)14(10)18-12-6-1-2-7-13(12)22(20,21)17-8-9-19/h1-7,17-19H,8-9H2. The lowest BCUT2D eigenvalue weighted by molar-refractivity contribution is 0.301. The van der Waals surface area contributed by atoms with Gasteiger partial charge in [-0.1, -0.05) is 41.4 Å². The highest BCUT2D eigenvalue weighted by Crippen LogP contribution is 2.34. The summed E-state index contributed by atoms with van der Waals surface area (Å²) in [5, 5.41) is 12.5. The molecule has 0 radical (unpaired) electrons. The van der Waals surface area contributed by atoms with Gasteiger partial charge in [0, 0.05) is 6.54 Å². The molecule has 0 unspecified atom stereocenters. The highest BCUT2D eigenvalue weighted by Gasteiger charge is 2.18. The minimum atomic E-state index is -3.76. The van der Waals surface area contributed by atoms with Crippen molar-refractivity contribution in [3.8, 4) is 0 Å². The van der Waals surface area contributed by atoms with E-state index >= 15 is 0 Å². The van der Waals surface area contributed by atoms with E-state index in [1.165, 1.54) is 6.07 Å². The molecule has 0 aromatic heterocycles. The third-order valence-electron chi connectivity index (χ3n) is 2.80. The lowest BCUT2D eigenvalue weighted by atomic mass is 10.2. The van der Waals surface area contributed by atoms with Crippen LogP contribution in [0, 0.1) is 0 Å². The predicted octanol–water partition coefficient (Wildman–Crippen LogP) is 3.01. The molecule has 2 aromatic carbocycles. The van der Waals surface area contributed by atoms with Crippen molar-refractivity contribution in [1.29, 1.82) is 0 Å². The topological polar surface area (TPSA) is 78.4 Å². The average molecular weight is 361 g/mol. The molecule has 22 heavy (non-hydrogen) atoms. The molecule has 0 aliphatic heterocycles. The summed E-state index contributed by atoms with van der Waals surface area (Å²) in [6.07, 6.45) is 0. The Morgan fingerprint density at radius 1 is 1.00 bits per heavy atom. The first-order valence-electron chi connectivity index (χ1n) is 6.36. The van der Waals surface area contributed by atoms with Crippen LogP contribution in [0.15, 0.2) is 47.4 Å². The molecule has 0 aliphatic carbocycles. The summed E-state index contributed by atoms with van der Waals surface area (Å²) >= 11 is 12.2. The van der Waals surface area contributed by atoms with Crippen LogP contribution >= 0.6 is 23.2 Å². The molecule has 0 aliphatic rings. The summed E-state index contributed by atoms with van der Waals surface area (Å²) in [6, 6.07) is 11.3. The van der Waals surface area contributed by atoms with E-state index in [4.69, 9.17) is 28.3 Å². The van der Waals surface area contributed by atoms with Crippen LogP contribution in [0.25, 0.3) is 0 Å². The van der Waals surface area contributed by atoms with E-state index in [9.17, 15) is 8.42 Å². The van der Waals surface area contributed by atoms with Gasteiger partial charge in [-0.3, -0.25) is 0 Å². The summed E-state index contributed by atoms with van der Waals surface area (Å²) in [7, 11) is -3.76. The Morgan fingerprint density at radius 2 is 1.64 bits per heavy atom. The monoisotopic (exact) mass is 360 g/mol. The molecule has 118 valence electrons. The van der Waals surface area contributed by atoms with Gasteiger partial charge in [-0.25, -0.2) is 13.1 Å². The predicted molar refractivity (Wildman–Crippen MR) is 88.5 cm³/mol. The minimum absolute atomic E-state index is 0.0411. The molecule has 0 saturated carbocycles. The van der Waals surface area contributed by atoms with Gasteiger partial charge in [-0.15, -0.1) is 0 Å². The van der Waals surface area contributed by atoms with E-state index < -0.39 is 10.0 Å². The summed E-state index contributed by atoms with van der Waals surface area (Å²) in [6.45, 7) is -0.352. The van der Waals surface area contributed by atoms with Crippen molar-refractivity contribution < 1.29 is 13.5 Å². The molecule has 0 atom stereocenters. The first-order chi connectivity index (χ1) is 10.5. The minimum Gasteiger partial charge on any atom is -0.395 e. The van der Waals surface area contributed by atoms with Crippen molar-refractivity contribution in [3.63, 3.8) is 0 Å². The van der Waals surface area contributed by atoms with E-state index in [1.807, 2.05) is 0 Å². The Bertz CT molecular complexity index is 746. The zero-order valence-electron chi connectivity index (χ0n) is 11.4. The maximum absolute atomic E-state index is 12.2. The van der Waals surface area contributed by atoms with Crippen molar-refractivity contribution in [2.24, 2.45) is 0 Å². The van der Waals surface area contributed by atoms with Gasteiger partial charge in [0.2, 0.25) is 10.0 Å². The number of hydrogen-bond donors (Lipinski definition) is 3. The molecule has 2 rings (SSSR count). The molecular weight excluding hydrogens is 347 g/mol. The van der Waals surface area contributed by atoms with Gasteiger partial charge in [0.1, 0.15) is 4.90 Å². The number of anilines is 2. The number of aliphatic hydroxyl groups is 1. The van der Waals surface area contributed by atoms with Crippen LogP contribution in [0.5, 0.6) is 0 Å². The first kappa shape index (κ1) is 17.1. The molecular formula is C14H14Cl2N2O3S. The van der Waals surface area contributed by atoms with Crippen LogP contribution < -0.4 is 10.0 Å². The zero-order valence-corrected chi connectivity index (χ0v) is 13.7. The third-order valence-corrected chi connectivity index (χ3v) is 4.95. The van der Waals surface area contributed by atoms with Crippen molar-refractivity contribution >= 4 is 44.6 Å².